The van der Waals surface area contributed by atoms with Crippen LogP contribution in [0.5, 0.6) is 5.75 Å². The van der Waals surface area contributed by atoms with E-state index in [1.165, 1.54) is 0 Å². The smallest absolute Gasteiger partial charge is 0.264 e. The molecule has 0 amide bonds. The zero-order chi connectivity index (χ0) is 13.7. The predicted octanol–water partition coefficient (Wildman–Crippen LogP) is 2.47. The fraction of sp³-hybridized carbons (Fsp3) is 0.385. The molecule has 0 spiro atoms. The van der Waals surface area contributed by atoms with Crippen LogP contribution in [-0.2, 0) is 19.4 Å². The van der Waals surface area contributed by atoms with E-state index < -0.39 is 0 Å². The summed E-state index contributed by atoms with van der Waals surface area (Å²) in [7, 11) is 0. The molecule has 0 radical (unpaired) electrons. The van der Waals surface area contributed by atoms with E-state index in [0.29, 0.717) is 18.3 Å². The lowest BCUT2D eigenvalue weighted by Crippen LogP contribution is -2.06. The van der Waals surface area contributed by atoms with Crippen LogP contribution in [0, 0.1) is 0 Å². The summed E-state index contributed by atoms with van der Waals surface area (Å²) in [5, 5.41) is 3.83. The van der Waals surface area contributed by atoms with Crippen LogP contribution in [0.15, 0.2) is 27.2 Å². The largest absolute Gasteiger partial charge is 0.482 e. The zero-order valence-corrected chi connectivity index (χ0v) is 12.3. The number of aromatic nitrogens is 2. The third-order valence-electron chi connectivity index (χ3n) is 2.63. The Morgan fingerprint density at radius 2 is 2.26 bits per heavy atom. The van der Waals surface area contributed by atoms with Gasteiger partial charge in [-0.2, -0.15) is 4.98 Å². The second kappa shape index (κ2) is 6.68. The first-order valence-electron chi connectivity index (χ1n) is 6.16. The van der Waals surface area contributed by atoms with Gasteiger partial charge in [-0.05, 0) is 40.5 Å². The molecule has 0 aliphatic rings. The van der Waals surface area contributed by atoms with Gasteiger partial charge in [-0.25, -0.2) is 0 Å². The second-order valence-electron chi connectivity index (χ2n) is 4.01. The molecule has 0 saturated heterocycles. The molecule has 1 aromatic heterocycles. The topological polar surface area (TPSA) is 74.2 Å². The highest BCUT2D eigenvalue weighted by Gasteiger charge is 2.10. The Morgan fingerprint density at radius 3 is 2.95 bits per heavy atom. The molecule has 102 valence electrons. The summed E-state index contributed by atoms with van der Waals surface area (Å²) in [5.41, 5.74) is 6.66. The molecule has 6 heteroatoms. The van der Waals surface area contributed by atoms with E-state index in [1.54, 1.807) is 0 Å². The van der Waals surface area contributed by atoms with Crippen LogP contribution in [0.2, 0.25) is 0 Å². The minimum atomic E-state index is 0.257. The summed E-state index contributed by atoms with van der Waals surface area (Å²) >= 11 is 3.48. The molecule has 0 saturated carbocycles. The van der Waals surface area contributed by atoms with Gasteiger partial charge in [0.2, 0.25) is 0 Å². The Kier molecular flexibility index (Phi) is 4.93. The standard InChI is InChI=1S/C13H16BrN3O2/c1-2-11-16-12(19-17-11)8-18-13-9(6-7-15)4-3-5-10(13)14/h3-5H,2,6-8,15H2,1H3. The lowest BCUT2D eigenvalue weighted by Gasteiger charge is -2.11. The first kappa shape index (κ1) is 14.0. The Balaban J connectivity index is 2.09. The summed E-state index contributed by atoms with van der Waals surface area (Å²) < 4.78 is 11.8. The molecule has 0 aliphatic carbocycles. The number of nitrogens with zero attached hydrogens (tertiary/aromatic N) is 2. The monoisotopic (exact) mass is 325 g/mol. The van der Waals surface area contributed by atoms with Gasteiger partial charge in [0.25, 0.3) is 5.89 Å². The number of hydrogen-bond acceptors (Lipinski definition) is 5. The number of para-hydroxylation sites is 1. The van der Waals surface area contributed by atoms with Crippen LogP contribution in [0.25, 0.3) is 0 Å². The van der Waals surface area contributed by atoms with E-state index in [-0.39, 0.29) is 6.61 Å². The van der Waals surface area contributed by atoms with E-state index in [1.807, 2.05) is 25.1 Å². The van der Waals surface area contributed by atoms with Gasteiger partial charge < -0.3 is 15.0 Å². The van der Waals surface area contributed by atoms with Crippen LogP contribution in [0.3, 0.4) is 0 Å². The maximum Gasteiger partial charge on any atom is 0.264 e. The van der Waals surface area contributed by atoms with Crippen LogP contribution >= 0.6 is 15.9 Å². The van der Waals surface area contributed by atoms with E-state index >= 15 is 0 Å². The number of aryl methyl sites for hydroxylation is 1. The van der Waals surface area contributed by atoms with Crippen molar-refractivity contribution in [3.8, 4) is 5.75 Å². The quantitative estimate of drug-likeness (QED) is 0.883. The molecule has 0 aliphatic heterocycles. The van der Waals surface area contributed by atoms with Crippen molar-refractivity contribution >= 4 is 15.9 Å². The Hall–Kier alpha value is -1.40. The van der Waals surface area contributed by atoms with Gasteiger partial charge >= 0.3 is 0 Å². The minimum absolute atomic E-state index is 0.257. The van der Waals surface area contributed by atoms with Gasteiger partial charge in [0.05, 0.1) is 4.47 Å². The number of halogens is 1. The summed E-state index contributed by atoms with van der Waals surface area (Å²) in [6, 6.07) is 5.89. The van der Waals surface area contributed by atoms with E-state index in [9.17, 15) is 0 Å². The average Bonchev–Trinajstić information content (AvgIpc) is 2.86. The molecule has 2 rings (SSSR count). The summed E-state index contributed by atoms with van der Waals surface area (Å²) in [6.07, 6.45) is 1.51. The lowest BCUT2D eigenvalue weighted by atomic mass is 10.1. The van der Waals surface area contributed by atoms with Gasteiger partial charge in [0, 0.05) is 6.42 Å². The highest BCUT2D eigenvalue weighted by Crippen LogP contribution is 2.29. The summed E-state index contributed by atoms with van der Waals surface area (Å²) in [5.74, 6) is 1.95. The Morgan fingerprint density at radius 1 is 1.42 bits per heavy atom. The molecular formula is C13H16BrN3O2. The van der Waals surface area contributed by atoms with Crippen molar-refractivity contribution in [3.05, 3.63) is 40.0 Å². The van der Waals surface area contributed by atoms with Crippen molar-refractivity contribution in [2.75, 3.05) is 6.54 Å². The first-order chi connectivity index (χ1) is 9.24. The first-order valence-corrected chi connectivity index (χ1v) is 6.95. The molecule has 2 N–H and O–H groups in total. The van der Waals surface area contributed by atoms with Gasteiger partial charge in [-0.3, -0.25) is 0 Å². The maximum absolute atomic E-state index is 5.77. The second-order valence-corrected chi connectivity index (χ2v) is 4.87. The van der Waals surface area contributed by atoms with Gasteiger partial charge in [0.1, 0.15) is 5.75 Å². The summed E-state index contributed by atoms with van der Waals surface area (Å²) in [4.78, 5) is 4.21. The van der Waals surface area contributed by atoms with Crippen molar-refractivity contribution < 1.29 is 9.26 Å². The minimum Gasteiger partial charge on any atom is -0.482 e. The number of rotatable bonds is 6. The third kappa shape index (κ3) is 3.54. The Labute approximate surface area is 120 Å². The summed E-state index contributed by atoms with van der Waals surface area (Å²) in [6.45, 7) is 2.81. The highest BCUT2D eigenvalue weighted by atomic mass is 79.9. The SMILES string of the molecule is CCc1noc(COc2c(Br)cccc2CCN)n1. The fourth-order valence-corrected chi connectivity index (χ4v) is 2.22. The Bertz CT molecular complexity index is 542. The number of nitrogens with two attached hydrogens (primary N) is 1. The molecule has 0 atom stereocenters. The number of ether oxygens (including phenoxy) is 1. The molecule has 0 fully saturated rings. The predicted molar refractivity (Wildman–Crippen MR) is 74.9 cm³/mol. The van der Waals surface area contributed by atoms with Crippen LogP contribution in [0.4, 0.5) is 0 Å². The molecular weight excluding hydrogens is 310 g/mol. The lowest BCUT2D eigenvalue weighted by molar-refractivity contribution is 0.239. The van der Waals surface area contributed by atoms with Crippen molar-refractivity contribution in [2.45, 2.75) is 26.4 Å². The third-order valence-corrected chi connectivity index (χ3v) is 3.25. The zero-order valence-electron chi connectivity index (χ0n) is 10.7. The van der Waals surface area contributed by atoms with E-state index in [4.69, 9.17) is 15.0 Å². The molecule has 1 aromatic carbocycles. The number of benzene rings is 1. The van der Waals surface area contributed by atoms with Crippen molar-refractivity contribution in [2.24, 2.45) is 5.73 Å². The van der Waals surface area contributed by atoms with Crippen LogP contribution in [-0.4, -0.2) is 16.7 Å². The van der Waals surface area contributed by atoms with Gasteiger partial charge in [-0.15, -0.1) is 0 Å². The fourth-order valence-electron chi connectivity index (χ4n) is 1.69. The van der Waals surface area contributed by atoms with E-state index in [2.05, 4.69) is 26.1 Å². The molecule has 0 unspecified atom stereocenters. The highest BCUT2D eigenvalue weighted by molar-refractivity contribution is 9.10. The molecule has 5 nitrogen and oxygen atoms in total. The molecule has 2 aromatic rings. The molecule has 19 heavy (non-hydrogen) atoms. The van der Waals surface area contributed by atoms with Crippen molar-refractivity contribution in [1.29, 1.82) is 0 Å². The van der Waals surface area contributed by atoms with Crippen LogP contribution in [0.1, 0.15) is 24.2 Å². The maximum atomic E-state index is 5.77. The van der Waals surface area contributed by atoms with Crippen LogP contribution < -0.4 is 10.5 Å². The molecule has 1 heterocycles. The van der Waals surface area contributed by atoms with Crippen molar-refractivity contribution in [3.63, 3.8) is 0 Å². The average molecular weight is 326 g/mol. The van der Waals surface area contributed by atoms with Gasteiger partial charge in [0.15, 0.2) is 12.4 Å². The van der Waals surface area contributed by atoms with Gasteiger partial charge in [-0.1, -0.05) is 24.2 Å². The normalized spacial score (nSPS) is 10.7. The number of hydrogen-bond donors (Lipinski definition) is 1. The van der Waals surface area contributed by atoms with Crippen molar-refractivity contribution in [1.82, 2.24) is 10.1 Å². The molecule has 0 bridgehead atoms. The van der Waals surface area contributed by atoms with E-state index in [0.717, 1.165) is 28.6 Å².